The minimum absolute atomic E-state index is 0.231. The Morgan fingerprint density at radius 3 is 2.31 bits per heavy atom. The average Bonchev–Trinajstić information content (AvgIpc) is 2.24. The molecule has 1 aromatic carbocycles. The maximum absolute atomic E-state index is 12.4. The van der Waals surface area contributed by atoms with Crippen LogP contribution in [0.15, 0.2) is 24.3 Å². The van der Waals surface area contributed by atoms with Crippen LogP contribution in [0.1, 0.15) is 0 Å². The number of hydrogen-bond acceptors (Lipinski definition) is 3. The molecule has 0 aromatic heterocycles. The quantitative estimate of drug-likeness (QED) is 0.814. The predicted octanol–water partition coefficient (Wildman–Crippen LogP) is 2.64. The fourth-order valence-corrected chi connectivity index (χ4v) is 1.18. The van der Waals surface area contributed by atoms with Crippen LogP contribution in [0.4, 0.5) is 18.9 Å². The molecule has 6 heteroatoms. The minimum Gasteiger partial charge on any atom is -0.495 e. The van der Waals surface area contributed by atoms with Gasteiger partial charge in [-0.1, -0.05) is 12.1 Å². The zero-order valence-electron chi connectivity index (χ0n) is 8.84. The number of anilines is 1. The molecule has 0 aliphatic rings. The van der Waals surface area contributed by atoms with Crippen LogP contribution in [0.2, 0.25) is 0 Å². The molecule has 0 unspecified atom stereocenters. The molecule has 0 amide bonds. The SMILES string of the molecule is COc1ccccc1N[C@H](OC)C(F)(F)F. The fraction of sp³-hybridized carbons (Fsp3) is 0.400. The summed E-state index contributed by atoms with van der Waals surface area (Å²) in [6, 6.07) is 6.31. The number of rotatable bonds is 4. The first-order valence-corrected chi connectivity index (χ1v) is 4.48. The van der Waals surface area contributed by atoms with E-state index < -0.39 is 12.4 Å². The molecule has 3 nitrogen and oxygen atoms in total. The topological polar surface area (TPSA) is 30.5 Å². The predicted molar refractivity (Wildman–Crippen MR) is 53.5 cm³/mol. The van der Waals surface area contributed by atoms with Crippen LogP contribution in [-0.4, -0.2) is 26.6 Å². The van der Waals surface area contributed by atoms with Crippen LogP contribution in [0, 0.1) is 0 Å². The van der Waals surface area contributed by atoms with E-state index in [2.05, 4.69) is 10.1 Å². The van der Waals surface area contributed by atoms with Gasteiger partial charge in [-0.05, 0) is 12.1 Å². The third-order valence-corrected chi connectivity index (χ3v) is 1.93. The van der Waals surface area contributed by atoms with E-state index in [4.69, 9.17) is 4.74 Å². The molecule has 1 rings (SSSR count). The van der Waals surface area contributed by atoms with Crippen molar-refractivity contribution < 1.29 is 22.6 Å². The summed E-state index contributed by atoms with van der Waals surface area (Å²) in [5.74, 6) is 0.328. The van der Waals surface area contributed by atoms with Gasteiger partial charge in [-0.15, -0.1) is 0 Å². The first-order valence-electron chi connectivity index (χ1n) is 4.48. The summed E-state index contributed by atoms with van der Waals surface area (Å²) in [5.41, 5.74) is 0.231. The third kappa shape index (κ3) is 3.03. The monoisotopic (exact) mass is 235 g/mol. The lowest BCUT2D eigenvalue weighted by Gasteiger charge is -2.21. The van der Waals surface area contributed by atoms with Crippen molar-refractivity contribution in [3.8, 4) is 5.75 Å². The molecule has 1 atom stereocenters. The van der Waals surface area contributed by atoms with Crippen LogP contribution in [-0.2, 0) is 4.74 Å². The van der Waals surface area contributed by atoms with Gasteiger partial charge in [0.25, 0.3) is 0 Å². The summed E-state index contributed by atoms with van der Waals surface area (Å²) >= 11 is 0. The van der Waals surface area contributed by atoms with Crippen molar-refractivity contribution in [1.82, 2.24) is 0 Å². The maximum atomic E-state index is 12.4. The van der Waals surface area contributed by atoms with Crippen molar-refractivity contribution in [1.29, 1.82) is 0 Å². The average molecular weight is 235 g/mol. The van der Waals surface area contributed by atoms with Gasteiger partial charge in [-0.25, -0.2) is 0 Å². The highest BCUT2D eigenvalue weighted by Crippen LogP contribution is 2.29. The van der Waals surface area contributed by atoms with Crippen molar-refractivity contribution in [3.63, 3.8) is 0 Å². The summed E-state index contributed by atoms with van der Waals surface area (Å²) in [7, 11) is 2.37. The highest BCUT2D eigenvalue weighted by Gasteiger charge is 2.40. The molecule has 0 aliphatic heterocycles. The Hall–Kier alpha value is -1.43. The number of hydrogen-bond donors (Lipinski definition) is 1. The Kier molecular flexibility index (Phi) is 4.00. The molecular weight excluding hydrogens is 223 g/mol. The normalized spacial score (nSPS) is 13.3. The Labute approximate surface area is 91.2 Å². The van der Waals surface area contributed by atoms with E-state index in [0.717, 1.165) is 7.11 Å². The summed E-state index contributed by atoms with van der Waals surface area (Å²) < 4.78 is 46.5. The minimum atomic E-state index is -4.48. The lowest BCUT2D eigenvalue weighted by atomic mass is 10.3. The third-order valence-electron chi connectivity index (χ3n) is 1.93. The molecule has 1 aromatic rings. The number of halogens is 3. The molecule has 0 radical (unpaired) electrons. The zero-order valence-corrected chi connectivity index (χ0v) is 8.84. The second kappa shape index (κ2) is 5.07. The molecule has 0 spiro atoms. The Bertz CT molecular complexity index is 341. The Morgan fingerprint density at radius 2 is 1.81 bits per heavy atom. The fourth-order valence-electron chi connectivity index (χ4n) is 1.18. The van der Waals surface area contributed by atoms with Crippen LogP contribution < -0.4 is 10.1 Å². The molecule has 0 saturated carbocycles. The number of nitrogens with one attached hydrogen (secondary N) is 1. The van der Waals surface area contributed by atoms with Gasteiger partial charge in [0.1, 0.15) is 5.75 Å². The van der Waals surface area contributed by atoms with Crippen molar-refractivity contribution in [2.45, 2.75) is 12.4 Å². The number of para-hydroxylation sites is 2. The summed E-state index contributed by atoms with van der Waals surface area (Å²) in [6.07, 6.45) is -6.53. The van der Waals surface area contributed by atoms with Gasteiger partial charge in [0, 0.05) is 7.11 Å². The van der Waals surface area contributed by atoms with Gasteiger partial charge in [0.15, 0.2) is 0 Å². The lowest BCUT2D eigenvalue weighted by Crippen LogP contribution is -2.37. The largest absolute Gasteiger partial charge is 0.495 e. The lowest BCUT2D eigenvalue weighted by molar-refractivity contribution is -0.202. The van der Waals surface area contributed by atoms with Crippen LogP contribution in [0.25, 0.3) is 0 Å². The molecular formula is C10H12F3NO2. The summed E-state index contributed by atoms with van der Waals surface area (Å²) in [4.78, 5) is 0. The van der Waals surface area contributed by atoms with Crippen LogP contribution >= 0.6 is 0 Å². The standard InChI is InChI=1S/C10H12F3NO2/c1-15-8-6-4-3-5-7(8)14-9(16-2)10(11,12)13/h3-6,9,14H,1-2H3/t9-/m1/s1. The van der Waals surface area contributed by atoms with Crippen LogP contribution in [0.5, 0.6) is 5.75 Å². The molecule has 0 heterocycles. The van der Waals surface area contributed by atoms with Gasteiger partial charge < -0.3 is 14.8 Å². The molecule has 0 aliphatic carbocycles. The van der Waals surface area contributed by atoms with E-state index in [1.54, 1.807) is 18.2 Å². The second-order valence-corrected chi connectivity index (χ2v) is 3.00. The van der Waals surface area contributed by atoms with Crippen molar-refractivity contribution >= 4 is 5.69 Å². The van der Waals surface area contributed by atoms with Crippen molar-refractivity contribution in [3.05, 3.63) is 24.3 Å². The first-order chi connectivity index (χ1) is 7.49. The molecule has 90 valence electrons. The van der Waals surface area contributed by atoms with Gasteiger partial charge >= 0.3 is 6.18 Å². The van der Waals surface area contributed by atoms with E-state index >= 15 is 0 Å². The Balaban J connectivity index is 2.86. The molecule has 16 heavy (non-hydrogen) atoms. The number of benzene rings is 1. The maximum Gasteiger partial charge on any atom is 0.433 e. The van der Waals surface area contributed by atoms with E-state index in [1.807, 2.05) is 0 Å². The zero-order chi connectivity index (χ0) is 12.2. The van der Waals surface area contributed by atoms with Crippen LogP contribution in [0.3, 0.4) is 0 Å². The van der Waals surface area contributed by atoms with E-state index in [-0.39, 0.29) is 5.69 Å². The summed E-state index contributed by atoms with van der Waals surface area (Å²) in [5, 5.41) is 2.22. The number of alkyl halides is 3. The number of ether oxygens (including phenoxy) is 2. The first kappa shape index (κ1) is 12.6. The van der Waals surface area contributed by atoms with Gasteiger partial charge in [0.05, 0.1) is 12.8 Å². The van der Waals surface area contributed by atoms with E-state index in [0.29, 0.717) is 5.75 Å². The van der Waals surface area contributed by atoms with Gasteiger partial charge in [0.2, 0.25) is 6.23 Å². The highest BCUT2D eigenvalue weighted by atomic mass is 19.4. The van der Waals surface area contributed by atoms with Gasteiger partial charge in [-0.2, -0.15) is 13.2 Å². The van der Waals surface area contributed by atoms with E-state index in [9.17, 15) is 13.2 Å². The molecule has 0 saturated heterocycles. The second-order valence-electron chi connectivity index (χ2n) is 3.00. The van der Waals surface area contributed by atoms with Crippen molar-refractivity contribution in [2.75, 3.05) is 19.5 Å². The van der Waals surface area contributed by atoms with Crippen molar-refractivity contribution in [2.24, 2.45) is 0 Å². The summed E-state index contributed by atoms with van der Waals surface area (Å²) in [6.45, 7) is 0. The molecule has 1 N–H and O–H groups in total. The molecule has 0 fully saturated rings. The smallest absolute Gasteiger partial charge is 0.433 e. The number of methoxy groups -OCH3 is 2. The highest BCUT2D eigenvalue weighted by molar-refractivity contribution is 5.56. The van der Waals surface area contributed by atoms with E-state index in [1.165, 1.54) is 13.2 Å². The molecule has 0 bridgehead atoms. The Morgan fingerprint density at radius 1 is 1.19 bits per heavy atom. The van der Waals surface area contributed by atoms with Gasteiger partial charge in [-0.3, -0.25) is 0 Å².